The number of nitrogens with zero attached hydrogens (tertiary/aromatic N) is 2. The van der Waals surface area contributed by atoms with Crippen molar-refractivity contribution >= 4 is 23.3 Å². The summed E-state index contributed by atoms with van der Waals surface area (Å²) >= 11 is 5.87. The predicted octanol–water partition coefficient (Wildman–Crippen LogP) is 2.25. The summed E-state index contributed by atoms with van der Waals surface area (Å²) in [6, 6.07) is 5.02. The Hall–Kier alpha value is -1.75. The Morgan fingerprint density at radius 2 is 2.16 bits per heavy atom. The van der Waals surface area contributed by atoms with Crippen LogP contribution in [0.15, 0.2) is 23.4 Å². The predicted molar refractivity (Wildman–Crippen MR) is 75.8 cm³/mol. The van der Waals surface area contributed by atoms with E-state index in [2.05, 4.69) is 5.16 Å². The molecule has 5 nitrogen and oxygen atoms in total. The van der Waals surface area contributed by atoms with Crippen molar-refractivity contribution in [3.05, 3.63) is 34.3 Å². The highest BCUT2D eigenvalue weighted by Gasteiger charge is 2.21. The smallest absolute Gasteiger partial charge is 0.254 e. The topological polar surface area (TPSA) is 78.9 Å². The Morgan fingerprint density at radius 1 is 1.53 bits per heavy atom. The van der Waals surface area contributed by atoms with Crippen LogP contribution in [0.1, 0.15) is 29.8 Å². The van der Waals surface area contributed by atoms with Crippen LogP contribution in [0.4, 0.5) is 0 Å². The zero-order valence-corrected chi connectivity index (χ0v) is 12.0. The Morgan fingerprint density at radius 3 is 2.63 bits per heavy atom. The fourth-order valence-electron chi connectivity index (χ4n) is 1.72. The molecule has 1 aromatic carbocycles. The normalized spacial score (nSPS) is 11.7. The van der Waals surface area contributed by atoms with Crippen LogP contribution in [0.5, 0.6) is 0 Å². The number of oxime groups is 1. The average molecular weight is 284 g/mol. The molecule has 1 amide bonds. The van der Waals surface area contributed by atoms with Gasteiger partial charge in [-0.25, -0.2) is 0 Å². The molecule has 0 heterocycles. The van der Waals surface area contributed by atoms with E-state index in [1.165, 1.54) is 4.90 Å². The number of hydrogen-bond acceptors (Lipinski definition) is 3. The summed E-state index contributed by atoms with van der Waals surface area (Å²) in [5, 5.41) is 12.1. The van der Waals surface area contributed by atoms with Crippen LogP contribution in [0, 0.1) is 6.92 Å². The van der Waals surface area contributed by atoms with Crippen LogP contribution >= 0.6 is 11.6 Å². The summed E-state index contributed by atoms with van der Waals surface area (Å²) in [7, 11) is 0. The van der Waals surface area contributed by atoms with Crippen molar-refractivity contribution < 1.29 is 10.0 Å². The number of hydrogen-bond donors (Lipinski definition) is 2. The second-order valence-corrected chi connectivity index (χ2v) is 5.01. The number of benzene rings is 1. The van der Waals surface area contributed by atoms with Gasteiger partial charge in [-0.15, -0.1) is 0 Å². The van der Waals surface area contributed by atoms with E-state index >= 15 is 0 Å². The van der Waals surface area contributed by atoms with E-state index in [9.17, 15) is 4.79 Å². The molecular weight excluding hydrogens is 266 g/mol. The quantitative estimate of drug-likeness (QED) is 0.385. The summed E-state index contributed by atoms with van der Waals surface area (Å²) in [6.45, 7) is 5.64. The molecule has 0 saturated carbocycles. The molecule has 0 spiro atoms. The number of halogens is 1. The lowest BCUT2D eigenvalue weighted by Gasteiger charge is -2.26. The molecule has 6 heteroatoms. The van der Waals surface area contributed by atoms with E-state index in [0.29, 0.717) is 10.6 Å². The van der Waals surface area contributed by atoms with Crippen LogP contribution in [0.3, 0.4) is 0 Å². The molecule has 1 aromatic rings. The molecule has 19 heavy (non-hydrogen) atoms. The molecule has 0 unspecified atom stereocenters. The van der Waals surface area contributed by atoms with Crippen LogP contribution < -0.4 is 5.73 Å². The minimum atomic E-state index is -0.171. The Labute approximate surface area is 117 Å². The maximum absolute atomic E-state index is 12.5. The maximum Gasteiger partial charge on any atom is 0.254 e. The Bertz CT molecular complexity index is 501. The number of aryl methyl sites for hydroxylation is 1. The fraction of sp³-hybridized carbons (Fsp3) is 0.385. The van der Waals surface area contributed by atoms with E-state index < -0.39 is 0 Å². The van der Waals surface area contributed by atoms with Gasteiger partial charge in [-0.3, -0.25) is 4.79 Å². The minimum Gasteiger partial charge on any atom is -0.409 e. The lowest BCUT2D eigenvalue weighted by Crippen LogP contribution is -2.43. The van der Waals surface area contributed by atoms with Gasteiger partial charge in [-0.05, 0) is 44.5 Å². The van der Waals surface area contributed by atoms with Gasteiger partial charge in [0.05, 0.1) is 6.54 Å². The first-order valence-corrected chi connectivity index (χ1v) is 6.28. The van der Waals surface area contributed by atoms with E-state index in [1.807, 2.05) is 20.8 Å². The van der Waals surface area contributed by atoms with E-state index in [-0.39, 0.29) is 24.3 Å². The number of rotatable bonds is 4. The highest BCUT2D eigenvalue weighted by atomic mass is 35.5. The maximum atomic E-state index is 12.5. The number of amidine groups is 1. The number of amides is 1. The van der Waals surface area contributed by atoms with Crippen LogP contribution in [0.2, 0.25) is 5.02 Å². The van der Waals surface area contributed by atoms with E-state index in [1.54, 1.807) is 18.2 Å². The molecule has 0 radical (unpaired) electrons. The Balaban J connectivity index is 3.06. The van der Waals surface area contributed by atoms with Crippen molar-refractivity contribution in [2.75, 3.05) is 6.54 Å². The van der Waals surface area contributed by atoms with Gasteiger partial charge >= 0.3 is 0 Å². The lowest BCUT2D eigenvalue weighted by molar-refractivity contribution is 0.0733. The average Bonchev–Trinajstić information content (AvgIpc) is 2.34. The molecule has 0 aliphatic heterocycles. The zero-order chi connectivity index (χ0) is 14.6. The summed E-state index contributed by atoms with van der Waals surface area (Å²) < 4.78 is 0. The van der Waals surface area contributed by atoms with Crippen molar-refractivity contribution in [3.63, 3.8) is 0 Å². The van der Waals surface area contributed by atoms with Crippen molar-refractivity contribution in [2.45, 2.75) is 26.8 Å². The van der Waals surface area contributed by atoms with Gasteiger partial charge in [-0.2, -0.15) is 0 Å². The van der Waals surface area contributed by atoms with Gasteiger partial charge in [0.1, 0.15) is 0 Å². The third-order valence-corrected chi connectivity index (χ3v) is 3.00. The molecule has 1 rings (SSSR count). The molecule has 104 valence electrons. The second-order valence-electron chi connectivity index (χ2n) is 4.58. The molecule has 0 atom stereocenters. The van der Waals surface area contributed by atoms with Crippen molar-refractivity contribution in [2.24, 2.45) is 10.9 Å². The first-order chi connectivity index (χ1) is 8.86. The van der Waals surface area contributed by atoms with Gasteiger partial charge in [-0.1, -0.05) is 16.8 Å². The lowest BCUT2D eigenvalue weighted by atomic mass is 10.1. The summed E-state index contributed by atoms with van der Waals surface area (Å²) in [4.78, 5) is 14.0. The summed E-state index contributed by atoms with van der Waals surface area (Å²) in [5.74, 6) is -0.176. The van der Waals surface area contributed by atoms with Gasteiger partial charge in [0.2, 0.25) is 0 Å². The van der Waals surface area contributed by atoms with Gasteiger partial charge < -0.3 is 15.8 Å². The van der Waals surface area contributed by atoms with Crippen LogP contribution in [0.25, 0.3) is 0 Å². The summed E-state index contributed by atoms with van der Waals surface area (Å²) in [6.07, 6.45) is 0. The van der Waals surface area contributed by atoms with E-state index in [0.717, 1.165) is 5.56 Å². The second kappa shape index (κ2) is 6.43. The fourth-order valence-corrected chi connectivity index (χ4v) is 1.94. The molecule has 0 fully saturated rings. The number of carbonyl (C=O) groups excluding carboxylic acids is 1. The molecule has 0 aromatic heterocycles. The molecule has 0 saturated heterocycles. The molecular formula is C13H18ClN3O2. The minimum absolute atomic E-state index is 0.00586. The molecule has 0 bridgehead atoms. The first kappa shape index (κ1) is 15.3. The van der Waals surface area contributed by atoms with Crippen LogP contribution in [-0.2, 0) is 0 Å². The third kappa shape index (κ3) is 3.86. The van der Waals surface area contributed by atoms with Crippen molar-refractivity contribution in [1.29, 1.82) is 0 Å². The van der Waals surface area contributed by atoms with Crippen molar-refractivity contribution in [1.82, 2.24) is 4.90 Å². The van der Waals surface area contributed by atoms with E-state index in [4.69, 9.17) is 22.5 Å². The Kier molecular flexibility index (Phi) is 5.18. The van der Waals surface area contributed by atoms with Crippen molar-refractivity contribution in [3.8, 4) is 0 Å². The third-order valence-electron chi connectivity index (χ3n) is 2.76. The van der Waals surface area contributed by atoms with Gasteiger partial charge in [0.25, 0.3) is 5.91 Å². The highest BCUT2D eigenvalue weighted by molar-refractivity contribution is 6.30. The standard InChI is InChI=1S/C13H18ClN3O2/c1-8(2)17(7-12(15)16-19)13(18)11-5-4-10(14)6-9(11)3/h4-6,8,19H,7H2,1-3H3,(H2,15,16). The van der Waals surface area contributed by atoms with Crippen LogP contribution in [-0.4, -0.2) is 34.4 Å². The highest BCUT2D eigenvalue weighted by Crippen LogP contribution is 2.18. The molecule has 0 aliphatic rings. The van der Waals surface area contributed by atoms with Gasteiger partial charge in [0, 0.05) is 16.6 Å². The SMILES string of the molecule is Cc1cc(Cl)ccc1C(=O)N(C/C(N)=N/O)C(C)C. The van der Waals surface area contributed by atoms with Gasteiger partial charge in [0.15, 0.2) is 5.84 Å². The zero-order valence-electron chi connectivity index (χ0n) is 11.2. The number of nitrogens with two attached hydrogens (primary N) is 1. The molecule has 0 aliphatic carbocycles. The largest absolute Gasteiger partial charge is 0.409 e. The summed E-state index contributed by atoms with van der Waals surface area (Å²) in [5.41, 5.74) is 6.83. The first-order valence-electron chi connectivity index (χ1n) is 5.90. The number of carbonyl (C=O) groups is 1. The monoisotopic (exact) mass is 283 g/mol. The molecule has 3 N–H and O–H groups in total.